The number of carbonyl (C=O) groups is 1. The van der Waals surface area contributed by atoms with Crippen LogP contribution in [0.3, 0.4) is 0 Å². The molecule has 14 heteroatoms. The monoisotopic (exact) mass is 565 g/mol. The summed E-state index contributed by atoms with van der Waals surface area (Å²) in [5.74, 6) is -3.59. The Morgan fingerprint density at radius 3 is 2.50 bits per heavy atom. The van der Waals surface area contributed by atoms with Gasteiger partial charge in [0.15, 0.2) is 0 Å². The van der Waals surface area contributed by atoms with Gasteiger partial charge in [0.1, 0.15) is 17.2 Å². The molecule has 4 heterocycles. The lowest BCUT2D eigenvalue weighted by Crippen LogP contribution is -2.46. The highest BCUT2D eigenvalue weighted by Gasteiger charge is 2.44. The zero-order valence-electron chi connectivity index (χ0n) is 21.7. The molecule has 214 valence electrons. The molecule has 40 heavy (non-hydrogen) atoms. The van der Waals surface area contributed by atoms with Crippen molar-refractivity contribution in [3.8, 4) is 0 Å². The second-order valence-electron chi connectivity index (χ2n) is 10.0. The number of benzene rings is 1. The van der Waals surface area contributed by atoms with E-state index in [2.05, 4.69) is 20.4 Å². The number of hydrogen-bond acceptors (Lipinski definition) is 7. The summed E-state index contributed by atoms with van der Waals surface area (Å²) in [5.41, 5.74) is 3.62. The van der Waals surface area contributed by atoms with Crippen molar-refractivity contribution in [3.63, 3.8) is 0 Å². The van der Waals surface area contributed by atoms with E-state index in [1.807, 2.05) is 4.90 Å². The number of halogens is 5. The Bertz CT molecular complexity index is 1470. The number of hydrogen-bond donors (Lipinski definition) is 2. The molecule has 9 nitrogen and oxygen atoms in total. The molecular weight excluding hydrogens is 537 g/mol. The van der Waals surface area contributed by atoms with Crippen molar-refractivity contribution in [2.24, 2.45) is 5.92 Å². The molecule has 0 spiro atoms. The zero-order chi connectivity index (χ0) is 28.6. The third kappa shape index (κ3) is 5.92. The van der Waals surface area contributed by atoms with Crippen LogP contribution in [0.1, 0.15) is 35.1 Å². The van der Waals surface area contributed by atoms with Gasteiger partial charge in [-0.1, -0.05) is 6.92 Å². The Kier molecular flexibility index (Phi) is 7.73. The minimum absolute atomic E-state index is 0.0402. The Morgan fingerprint density at radius 2 is 1.85 bits per heavy atom. The van der Waals surface area contributed by atoms with Crippen LogP contribution in [0.2, 0.25) is 0 Å². The number of hydrazine groups is 1. The van der Waals surface area contributed by atoms with Crippen LogP contribution >= 0.6 is 0 Å². The van der Waals surface area contributed by atoms with E-state index in [1.165, 1.54) is 23.2 Å². The van der Waals surface area contributed by atoms with Crippen LogP contribution in [-0.2, 0) is 13.0 Å². The molecule has 0 saturated carbocycles. The fraction of sp³-hybridized carbons (Fsp3) is 0.462. The number of aromatic amines is 1. The molecule has 1 atom stereocenters. The highest BCUT2D eigenvalue weighted by Crippen LogP contribution is 2.32. The number of aromatic nitrogens is 3. The van der Waals surface area contributed by atoms with Crippen LogP contribution in [-0.4, -0.2) is 76.2 Å². The molecular formula is C26H28F5N7O2. The number of H-pyrrole nitrogens is 1. The lowest BCUT2D eigenvalue weighted by Gasteiger charge is -2.36. The van der Waals surface area contributed by atoms with E-state index in [0.29, 0.717) is 61.4 Å². The van der Waals surface area contributed by atoms with Crippen molar-refractivity contribution in [1.82, 2.24) is 30.3 Å². The van der Waals surface area contributed by atoms with Crippen molar-refractivity contribution in [2.75, 3.05) is 44.2 Å². The summed E-state index contributed by atoms with van der Waals surface area (Å²) in [5, 5.41) is 1.17. The lowest BCUT2D eigenvalue weighted by atomic mass is 10.1. The van der Waals surface area contributed by atoms with Crippen molar-refractivity contribution < 1.29 is 26.7 Å². The molecule has 1 aromatic carbocycles. The lowest BCUT2D eigenvalue weighted by molar-refractivity contribution is -0.171. The molecule has 2 aliphatic heterocycles. The predicted octanol–water partition coefficient (Wildman–Crippen LogP) is 3.01. The van der Waals surface area contributed by atoms with E-state index < -0.39 is 29.8 Å². The third-order valence-electron chi connectivity index (χ3n) is 7.34. The molecule has 2 N–H and O–H groups in total. The molecule has 0 aliphatic carbocycles. The Balaban J connectivity index is 1.18. The van der Waals surface area contributed by atoms with Gasteiger partial charge in [0.05, 0.1) is 22.6 Å². The van der Waals surface area contributed by atoms with Gasteiger partial charge >= 0.3 is 6.18 Å². The maximum Gasteiger partial charge on any atom is 0.393 e. The van der Waals surface area contributed by atoms with E-state index in [4.69, 9.17) is 0 Å². The SMILES string of the molecule is CCc1nc2cc(F)c(CN3CCN(c4ccc(C(=O)NN5CCC(C(F)(F)F)C5)nc4F)CC3)cc2[nH]c1=O. The second kappa shape index (κ2) is 11.1. The second-order valence-corrected chi connectivity index (χ2v) is 10.0. The van der Waals surface area contributed by atoms with E-state index in [1.54, 1.807) is 17.9 Å². The predicted molar refractivity (Wildman–Crippen MR) is 137 cm³/mol. The van der Waals surface area contributed by atoms with E-state index in [9.17, 15) is 31.5 Å². The van der Waals surface area contributed by atoms with Crippen molar-refractivity contribution >= 4 is 22.6 Å². The van der Waals surface area contributed by atoms with Crippen LogP contribution in [0.5, 0.6) is 0 Å². The Labute approximate surface area is 226 Å². The fourth-order valence-corrected chi connectivity index (χ4v) is 5.06. The quantitative estimate of drug-likeness (QED) is 0.351. The van der Waals surface area contributed by atoms with Crippen molar-refractivity contribution in [2.45, 2.75) is 32.5 Å². The van der Waals surface area contributed by atoms with Gasteiger partial charge in [-0.15, -0.1) is 0 Å². The van der Waals surface area contributed by atoms with E-state index in [-0.39, 0.29) is 36.5 Å². The minimum Gasteiger partial charge on any atom is -0.365 e. The summed E-state index contributed by atoms with van der Waals surface area (Å²) in [7, 11) is 0. The number of nitrogens with zero attached hydrogens (tertiary/aromatic N) is 5. The number of pyridine rings is 1. The maximum absolute atomic E-state index is 14.9. The molecule has 2 fully saturated rings. The zero-order valence-corrected chi connectivity index (χ0v) is 21.7. The van der Waals surface area contributed by atoms with Gasteiger partial charge in [0.2, 0.25) is 5.95 Å². The summed E-state index contributed by atoms with van der Waals surface area (Å²) in [6, 6.07) is 5.66. The first kappa shape index (κ1) is 27.9. The highest BCUT2D eigenvalue weighted by atomic mass is 19.4. The average molecular weight is 566 g/mol. The molecule has 2 aromatic heterocycles. The summed E-state index contributed by atoms with van der Waals surface area (Å²) in [6.45, 7) is 3.61. The van der Waals surface area contributed by atoms with Crippen LogP contribution in [0.4, 0.5) is 27.6 Å². The van der Waals surface area contributed by atoms with Gasteiger partial charge in [-0.2, -0.15) is 17.6 Å². The first-order chi connectivity index (χ1) is 19.0. The Hall–Kier alpha value is -3.65. The standard InChI is InChI=1S/C26H28F5N7O2/c1-2-18-24(39)34-20-11-15(17(27)12-21(20)32-18)13-36-7-9-37(10-8-36)22-4-3-19(33-23(22)28)25(40)35-38-6-5-16(14-38)26(29,30)31/h3-4,11-12,16H,2,5-10,13-14H2,1H3,(H,34,39)(H,35,40). The maximum atomic E-state index is 14.9. The molecule has 2 aliphatic rings. The van der Waals surface area contributed by atoms with Crippen LogP contribution in [0.15, 0.2) is 29.1 Å². The number of amides is 1. The molecule has 3 aromatic rings. The van der Waals surface area contributed by atoms with E-state index >= 15 is 0 Å². The van der Waals surface area contributed by atoms with Gasteiger partial charge in [-0.3, -0.25) is 19.9 Å². The van der Waals surface area contributed by atoms with Gasteiger partial charge < -0.3 is 9.88 Å². The van der Waals surface area contributed by atoms with E-state index in [0.717, 1.165) is 0 Å². The number of fused-ring (bicyclic) bond motifs is 1. The Morgan fingerprint density at radius 1 is 1.10 bits per heavy atom. The van der Waals surface area contributed by atoms with Gasteiger partial charge in [0.25, 0.3) is 11.5 Å². The molecule has 5 rings (SSSR count). The minimum atomic E-state index is -4.34. The fourth-order valence-electron chi connectivity index (χ4n) is 5.06. The number of aryl methyl sites for hydroxylation is 1. The van der Waals surface area contributed by atoms with Gasteiger partial charge in [-0.05, 0) is 31.0 Å². The van der Waals surface area contributed by atoms with Crippen LogP contribution < -0.4 is 15.9 Å². The smallest absolute Gasteiger partial charge is 0.365 e. The summed E-state index contributed by atoms with van der Waals surface area (Å²) < 4.78 is 68.3. The summed E-state index contributed by atoms with van der Waals surface area (Å²) >= 11 is 0. The summed E-state index contributed by atoms with van der Waals surface area (Å²) in [6.07, 6.45) is -4.02. The normalized spacial score (nSPS) is 18.9. The topological polar surface area (TPSA) is 97.5 Å². The molecule has 2 saturated heterocycles. The molecule has 1 unspecified atom stereocenters. The first-order valence-corrected chi connectivity index (χ1v) is 13.0. The third-order valence-corrected chi connectivity index (χ3v) is 7.34. The number of anilines is 1. The highest BCUT2D eigenvalue weighted by molar-refractivity contribution is 5.92. The van der Waals surface area contributed by atoms with Gasteiger partial charge in [-0.25, -0.2) is 19.4 Å². The number of rotatable bonds is 6. The molecule has 0 radical (unpaired) electrons. The van der Waals surface area contributed by atoms with Crippen LogP contribution in [0, 0.1) is 17.7 Å². The number of piperazine rings is 1. The van der Waals surface area contributed by atoms with Crippen LogP contribution in [0.25, 0.3) is 11.0 Å². The number of nitrogens with one attached hydrogen (secondary N) is 2. The molecule has 1 amide bonds. The molecule has 0 bridgehead atoms. The largest absolute Gasteiger partial charge is 0.393 e. The number of alkyl halides is 3. The van der Waals surface area contributed by atoms with Crippen molar-refractivity contribution in [1.29, 1.82) is 0 Å². The average Bonchev–Trinajstić information content (AvgIpc) is 3.39. The first-order valence-electron chi connectivity index (χ1n) is 13.0. The van der Waals surface area contributed by atoms with Gasteiger partial charge in [0, 0.05) is 57.4 Å². The summed E-state index contributed by atoms with van der Waals surface area (Å²) in [4.78, 5) is 39.0. The number of carbonyl (C=O) groups excluding carboxylic acids is 1. The van der Waals surface area contributed by atoms with Crippen molar-refractivity contribution in [3.05, 3.63) is 63.3 Å².